The van der Waals surface area contributed by atoms with Gasteiger partial charge in [0.2, 0.25) is 5.91 Å². The Hall–Kier alpha value is -1.49. The Morgan fingerprint density at radius 3 is 2.86 bits per heavy atom. The van der Waals surface area contributed by atoms with Crippen LogP contribution in [0.1, 0.15) is 44.7 Å². The number of piperidine rings is 1. The molecule has 3 atom stereocenters. The van der Waals surface area contributed by atoms with Crippen LogP contribution in [0.2, 0.25) is 0 Å². The number of nitrogens with one attached hydrogen (secondary N) is 2. The molecule has 0 aliphatic carbocycles. The molecule has 0 saturated carbocycles. The second-order valence-corrected chi connectivity index (χ2v) is 5.71. The quantitative estimate of drug-likeness (QED) is 0.897. The van der Waals surface area contributed by atoms with Gasteiger partial charge in [-0.1, -0.05) is 19.4 Å². The van der Waals surface area contributed by atoms with Gasteiger partial charge in [-0.3, -0.25) is 4.79 Å². The summed E-state index contributed by atoms with van der Waals surface area (Å²) in [5.74, 6) is -1.28. The van der Waals surface area contributed by atoms with Gasteiger partial charge in [0.05, 0.1) is 12.1 Å². The molecule has 2 rings (SSSR count). The van der Waals surface area contributed by atoms with Crippen molar-refractivity contribution in [1.29, 1.82) is 0 Å². The number of carbonyl (C=O) groups is 1. The molecule has 21 heavy (non-hydrogen) atoms. The van der Waals surface area contributed by atoms with Crippen molar-refractivity contribution in [3.05, 3.63) is 35.4 Å². The second-order valence-electron chi connectivity index (χ2n) is 5.71. The maximum Gasteiger partial charge on any atom is 0.237 e. The Kier molecular flexibility index (Phi) is 5.28. The van der Waals surface area contributed by atoms with Crippen LogP contribution in [0, 0.1) is 17.6 Å². The van der Waals surface area contributed by atoms with E-state index in [0.717, 1.165) is 37.9 Å². The van der Waals surface area contributed by atoms with E-state index in [-0.39, 0.29) is 18.0 Å². The molecule has 1 heterocycles. The first kappa shape index (κ1) is 15.9. The summed E-state index contributed by atoms with van der Waals surface area (Å²) in [5, 5.41) is 6.08. The molecule has 1 aliphatic heterocycles. The van der Waals surface area contributed by atoms with Gasteiger partial charge >= 0.3 is 0 Å². The van der Waals surface area contributed by atoms with Crippen molar-refractivity contribution in [2.45, 2.75) is 45.2 Å². The summed E-state index contributed by atoms with van der Waals surface area (Å²) in [7, 11) is 0. The zero-order valence-corrected chi connectivity index (χ0v) is 12.5. The van der Waals surface area contributed by atoms with Gasteiger partial charge in [-0.25, -0.2) is 8.78 Å². The molecule has 3 nitrogen and oxygen atoms in total. The average Bonchev–Trinajstić information content (AvgIpc) is 2.49. The van der Waals surface area contributed by atoms with Crippen molar-refractivity contribution >= 4 is 5.91 Å². The monoisotopic (exact) mass is 296 g/mol. The molecule has 5 heteroatoms. The van der Waals surface area contributed by atoms with Crippen LogP contribution < -0.4 is 10.6 Å². The van der Waals surface area contributed by atoms with Crippen LogP contribution in [0.15, 0.2) is 18.2 Å². The lowest BCUT2D eigenvalue weighted by atomic mass is 9.90. The first-order chi connectivity index (χ1) is 10.0. The summed E-state index contributed by atoms with van der Waals surface area (Å²) < 4.78 is 26.2. The summed E-state index contributed by atoms with van der Waals surface area (Å²) in [6.45, 7) is 4.75. The third-order valence-corrected chi connectivity index (χ3v) is 4.21. The number of carbonyl (C=O) groups excluding carboxylic acids is 1. The molecule has 1 aliphatic rings. The van der Waals surface area contributed by atoms with E-state index < -0.39 is 11.6 Å². The molecule has 1 saturated heterocycles. The molecule has 1 amide bonds. The fraction of sp³-hybridized carbons (Fsp3) is 0.562. The average molecular weight is 296 g/mol. The number of hydrogen-bond donors (Lipinski definition) is 2. The van der Waals surface area contributed by atoms with Crippen molar-refractivity contribution in [1.82, 2.24) is 10.6 Å². The number of rotatable bonds is 4. The first-order valence-corrected chi connectivity index (χ1v) is 7.50. The van der Waals surface area contributed by atoms with E-state index in [1.54, 1.807) is 6.92 Å². The molecular formula is C16H22F2N2O. The van der Waals surface area contributed by atoms with Crippen LogP contribution in [0.4, 0.5) is 8.78 Å². The zero-order valence-electron chi connectivity index (χ0n) is 12.5. The van der Waals surface area contributed by atoms with Crippen molar-refractivity contribution in [3.8, 4) is 0 Å². The summed E-state index contributed by atoms with van der Waals surface area (Å²) in [6.07, 6.45) is 3.00. The van der Waals surface area contributed by atoms with Crippen molar-refractivity contribution in [2.24, 2.45) is 5.92 Å². The van der Waals surface area contributed by atoms with Crippen LogP contribution in [0.25, 0.3) is 0 Å². The fourth-order valence-electron chi connectivity index (χ4n) is 2.75. The standard InChI is InChI=1S/C16H22F2N2O/c1-3-11-6-7-19-15(8-11)16(21)20-10(2)12-4-5-13(17)14(18)9-12/h4-5,9-11,15,19H,3,6-8H2,1-2H3,(H,20,21). The largest absolute Gasteiger partial charge is 0.348 e. The van der Waals surface area contributed by atoms with Gasteiger partial charge in [0.15, 0.2) is 11.6 Å². The topological polar surface area (TPSA) is 41.1 Å². The molecule has 1 aromatic carbocycles. The Morgan fingerprint density at radius 2 is 2.19 bits per heavy atom. The molecule has 1 aromatic rings. The molecule has 1 fully saturated rings. The molecule has 0 bridgehead atoms. The highest BCUT2D eigenvalue weighted by Crippen LogP contribution is 2.21. The van der Waals surface area contributed by atoms with Crippen molar-refractivity contribution in [2.75, 3.05) is 6.54 Å². The Balaban J connectivity index is 1.96. The minimum absolute atomic E-state index is 0.0783. The van der Waals surface area contributed by atoms with Gasteiger partial charge in [0, 0.05) is 0 Å². The Morgan fingerprint density at radius 1 is 1.43 bits per heavy atom. The van der Waals surface area contributed by atoms with Gasteiger partial charge in [-0.15, -0.1) is 0 Å². The van der Waals surface area contributed by atoms with Crippen molar-refractivity contribution in [3.63, 3.8) is 0 Å². The lowest BCUT2D eigenvalue weighted by Crippen LogP contribution is -2.49. The molecule has 0 radical (unpaired) electrons. The summed E-state index contributed by atoms with van der Waals surface area (Å²) in [5.41, 5.74) is 0.560. The van der Waals surface area contributed by atoms with E-state index in [4.69, 9.17) is 0 Å². The number of benzene rings is 1. The lowest BCUT2D eigenvalue weighted by Gasteiger charge is -2.29. The van der Waals surface area contributed by atoms with E-state index in [9.17, 15) is 13.6 Å². The SMILES string of the molecule is CCC1CCNC(C(=O)NC(C)c2ccc(F)c(F)c2)C1. The predicted octanol–water partition coefficient (Wildman–Crippen LogP) is 2.92. The molecule has 0 spiro atoms. The molecule has 0 aromatic heterocycles. The highest BCUT2D eigenvalue weighted by Gasteiger charge is 2.26. The highest BCUT2D eigenvalue weighted by atomic mass is 19.2. The van der Waals surface area contributed by atoms with Gasteiger partial charge in [-0.05, 0) is 49.9 Å². The van der Waals surface area contributed by atoms with Gasteiger partial charge in [0.25, 0.3) is 0 Å². The van der Waals surface area contributed by atoms with Crippen molar-refractivity contribution < 1.29 is 13.6 Å². The predicted molar refractivity (Wildman–Crippen MR) is 77.7 cm³/mol. The second kappa shape index (κ2) is 6.98. The molecule has 2 N–H and O–H groups in total. The van der Waals surface area contributed by atoms with Gasteiger partial charge in [-0.2, -0.15) is 0 Å². The normalized spacial score (nSPS) is 23.6. The van der Waals surface area contributed by atoms with Crippen LogP contribution in [-0.4, -0.2) is 18.5 Å². The maximum atomic E-state index is 13.2. The van der Waals surface area contributed by atoms with Gasteiger partial charge < -0.3 is 10.6 Å². The summed E-state index contributed by atoms with van der Waals surface area (Å²) >= 11 is 0. The lowest BCUT2D eigenvalue weighted by molar-refractivity contribution is -0.124. The van der Waals surface area contributed by atoms with Crippen LogP contribution >= 0.6 is 0 Å². The van der Waals surface area contributed by atoms with Crippen LogP contribution in [-0.2, 0) is 4.79 Å². The number of amides is 1. The number of halogens is 2. The minimum atomic E-state index is -0.893. The summed E-state index contributed by atoms with van der Waals surface area (Å²) in [6, 6.07) is 3.16. The highest BCUT2D eigenvalue weighted by molar-refractivity contribution is 5.82. The molecular weight excluding hydrogens is 274 g/mol. The Bertz CT molecular complexity index is 507. The van der Waals surface area contributed by atoms with E-state index in [1.807, 2.05) is 0 Å². The maximum absolute atomic E-state index is 13.2. The third kappa shape index (κ3) is 4.00. The van der Waals surface area contributed by atoms with E-state index >= 15 is 0 Å². The van der Waals surface area contributed by atoms with E-state index in [0.29, 0.717) is 11.5 Å². The zero-order chi connectivity index (χ0) is 15.4. The Labute approximate surface area is 124 Å². The molecule has 116 valence electrons. The van der Waals surface area contributed by atoms with Crippen LogP contribution in [0.5, 0.6) is 0 Å². The minimum Gasteiger partial charge on any atom is -0.348 e. The number of hydrogen-bond acceptors (Lipinski definition) is 2. The first-order valence-electron chi connectivity index (χ1n) is 7.50. The van der Waals surface area contributed by atoms with Crippen LogP contribution in [0.3, 0.4) is 0 Å². The molecule has 3 unspecified atom stereocenters. The van der Waals surface area contributed by atoms with E-state index in [2.05, 4.69) is 17.6 Å². The smallest absolute Gasteiger partial charge is 0.237 e. The summed E-state index contributed by atoms with van der Waals surface area (Å²) in [4.78, 5) is 12.3. The third-order valence-electron chi connectivity index (χ3n) is 4.21. The van der Waals surface area contributed by atoms with Gasteiger partial charge in [0.1, 0.15) is 0 Å². The van der Waals surface area contributed by atoms with E-state index in [1.165, 1.54) is 6.07 Å². The fourth-order valence-corrected chi connectivity index (χ4v) is 2.75.